The van der Waals surface area contributed by atoms with Gasteiger partial charge in [-0.1, -0.05) is 0 Å². The number of methoxy groups -OCH3 is 1. The van der Waals surface area contributed by atoms with Crippen LogP contribution in [0.25, 0.3) is 0 Å². The van der Waals surface area contributed by atoms with Crippen LogP contribution in [0.1, 0.15) is 12.8 Å². The van der Waals surface area contributed by atoms with Crippen LogP contribution in [0, 0.1) is 0 Å². The first-order valence-corrected chi connectivity index (χ1v) is 8.11. The average molecular weight is 435 g/mol. The fourth-order valence-corrected chi connectivity index (χ4v) is 2.49. The second kappa shape index (κ2) is 11.7. The van der Waals surface area contributed by atoms with Crippen LogP contribution < -0.4 is 10.6 Å². The van der Waals surface area contributed by atoms with Crippen LogP contribution in [0.4, 0.5) is 0 Å². The van der Waals surface area contributed by atoms with E-state index in [1.54, 1.807) is 7.11 Å². The molecule has 1 saturated carbocycles. The fourth-order valence-electron chi connectivity index (χ4n) is 2.49. The molecular weight excluding hydrogens is 405 g/mol. The summed E-state index contributed by atoms with van der Waals surface area (Å²) in [7, 11) is 3.58. The van der Waals surface area contributed by atoms with E-state index in [2.05, 4.69) is 37.5 Å². The lowest BCUT2D eigenvalue weighted by Crippen LogP contribution is -2.43. The normalized spacial score (nSPS) is 14.7. The summed E-state index contributed by atoms with van der Waals surface area (Å²) in [5.74, 6) is 0.870. The molecule has 2 N–H and O–H groups in total. The SMILES string of the molecule is CN=C(NCCN(CCOC)C1CC1)NCCn1cccc1.I. The van der Waals surface area contributed by atoms with Gasteiger partial charge in [-0.15, -0.1) is 24.0 Å². The number of aliphatic imine (C=N–C) groups is 1. The average Bonchev–Trinajstić information content (AvgIpc) is 3.25. The van der Waals surface area contributed by atoms with Gasteiger partial charge in [0.2, 0.25) is 0 Å². The van der Waals surface area contributed by atoms with Gasteiger partial charge in [-0.05, 0) is 25.0 Å². The number of halogens is 1. The van der Waals surface area contributed by atoms with Crippen molar-refractivity contribution in [2.75, 3.05) is 46.9 Å². The zero-order chi connectivity index (χ0) is 15.6. The largest absolute Gasteiger partial charge is 0.383 e. The van der Waals surface area contributed by atoms with Crippen molar-refractivity contribution in [2.45, 2.75) is 25.4 Å². The molecule has 0 spiro atoms. The summed E-state index contributed by atoms with van der Waals surface area (Å²) >= 11 is 0. The third-order valence-corrected chi connectivity index (χ3v) is 3.89. The van der Waals surface area contributed by atoms with E-state index in [1.165, 1.54) is 12.8 Å². The Labute approximate surface area is 156 Å². The van der Waals surface area contributed by atoms with Gasteiger partial charge in [0, 0.05) is 65.3 Å². The standard InChI is InChI=1S/C16H29N5O.HI/c1-17-16(18-7-11-20-9-3-4-10-20)19-8-12-21(13-14-22-2)15-5-6-15;/h3-4,9-10,15H,5-8,11-14H2,1-2H3,(H2,17,18,19);1H. The predicted molar refractivity (Wildman–Crippen MR) is 106 cm³/mol. The Bertz CT molecular complexity index is 434. The molecule has 1 aliphatic carbocycles. The predicted octanol–water partition coefficient (Wildman–Crippen LogP) is 1.38. The van der Waals surface area contributed by atoms with E-state index in [9.17, 15) is 0 Å². The fraction of sp³-hybridized carbons (Fsp3) is 0.688. The lowest BCUT2D eigenvalue weighted by Gasteiger charge is -2.22. The number of nitrogens with zero attached hydrogens (tertiary/aromatic N) is 3. The summed E-state index contributed by atoms with van der Waals surface area (Å²) in [5, 5.41) is 6.73. The Balaban J connectivity index is 0.00000264. The molecule has 0 aromatic carbocycles. The molecule has 6 nitrogen and oxygen atoms in total. The lowest BCUT2D eigenvalue weighted by atomic mass is 10.4. The van der Waals surface area contributed by atoms with Crippen molar-refractivity contribution in [3.05, 3.63) is 24.5 Å². The summed E-state index contributed by atoms with van der Waals surface area (Å²) in [6.45, 7) is 5.57. The third kappa shape index (κ3) is 8.03. The number of rotatable bonds is 10. The van der Waals surface area contributed by atoms with E-state index in [0.717, 1.165) is 51.3 Å². The van der Waals surface area contributed by atoms with Crippen LogP contribution in [0.15, 0.2) is 29.5 Å². The minimum absolute atomic E-state index is 0. The first-order chi connectivity index (χ1) is 10.8. The van der Waals surface area contributed by atoms with Gasteiger partial charge in [-0.25, -0.2) is 0 Å². The molecule has 0 aliphatic heterocycles. The molecule has 0 amide bonds. The van der Waals surface area contributed by atoms with E-state index in [1.807, 2.05) is 19.2 Å². The summed E-state index contributed by atoms with van der Waals surface area (Å²) in [4.78, 5) is 6.77. The van der Waals surface area contributed by atoms with Crippen molar-refractivity contribution in [1.29, 1.82) is 0 Å². The molecule has 7 heteroatoms. The van der Waals surface area contributed by atoms with E-state index < -0.39 is 0 Å². The number of hydrogen-bond donors (Lipinski definition) is 2. The monoisotopic (exact) mass is 435 g/mol. The quantitative estimate of drug-likeness (QED) is 0.331. The number of aromatic nitrogens is 1. The molecule has 1 heterocycles. The van der Waals surface area contributed by atoms with Gasteiger partial charge in [0.05, 0.1) is 6.61 Å². The molecule has 0 radical (unpaired) electrons. The topological polar surface area (TPSA) is 53.8 Å². The summed E-state index contributed by atoms with van der Waals surface area (Å²) in [6, 6.07) is 4.85. The molecule has 0 unspecified atom stereocenters. The Morgan fingerprint density at radius 3 is 2.52 bits per heavy atom. The second-order valence-corrected chi connectivity index (χ2v) is 5.61. The molecule has 1 aromatic rings. The summed E-state index contributed by atoms with van der Waals surface area (Å²) in [5.41, 5.74) is 0. The van der Waals surface area contributed by atoms with Gasteiger partial charge < -0.3 is 19.9 Å². The number of ether oxygens (including phenoxy) is 1. The molecule has 1 aromatic heterocycles. The molecule has 132 valence electrons. The van der Waals surface area contributed by atoms with Gasteiger partial charge in [0.15, 0.2) is 5.96 Å². The van der Waals surface area contributed by atoms with E-state index >= 15 is 0 Å². The van der Waals surface area contributed by atoms with Gasteiger partial charge in [0.1, 0.15) is 0 Å². The van der Waals surface area contributed by atoms with Gasteiger partial charge in [0.25, 0.3) is 0 Å². The van der Waals surface area contributed by atoms with Crippen LogP contribution in [-0.2, 0) is 11.3 Å². The van der Waals surface area contributed by atoms with Crippen molar-refractivity contribution < 1.29 is 4.74 Å². The van der Waals surface area contributed by atoms with Crippen molar-refractivity contribution in [2.24, 2.45) is 4.99 Å². The van der Waals surface area contributed by atoms with Crippen LogP contribution in [0.5, 0.6) is 0 Å². The van der Waals surface area contributed by atoms with E-state index in [4.69, 9.17) is 4.74 Å². The molecule has 0 saturated heterocycles. The molecule has 1 aliphatic rings. The highest BCUT2D eigenvalue weighted by Crippen LogP contribution is 2.25. The first kappa shape index (κ1) is 20.2. The van der Waals surface area contributed by atoms with Crippen molar-refractivity contribution >= 4 is 29.9 Å². The zero-order valence-corrected chi connectivity index (χ0v) is 16.5. The summed E-state index contributed by atoms with van der Waals surface area (Å²) < 4.78 is 7.34. The summed E-state index contributed by atoms with van der Waals surface area (Å²) in [6.07, 6.45) is 6.80. The number of nitrogens with one attached hydrogen (secondary N) is 2. The Morgan fingerprint density at radius 1 is 1.22 bits per heavy atom. The maximum atomic E-state index is 5.19. The van der Waals surface area contributed by atoms with Gasteiger partial charge in [-0.2, -0.15) is 0 Å². The number of hydrogen-bond acceptors (Lipinski definition) is 3. The Hall–Kier alpha value is -0.800. The second-order valence-electron chi connectivity index (χ2n) is 5.61. The highest BCUT2D eigenvalue weighted by Gasteiger charge is 2.28. The van der Waals surface area contributed by atoms with Crippen molar-refractivity contribution in [3.8, 4) is 0 Å². The van der Waals surface area contributed by atoms with E-state index in [0.29, 0.717) is 0 Å². The minimum atomic E-state index is 0. The Morgan fingerprint density at radius 2 is 1.91 bits per heavy atom. The lowest BCUT2D eigenvalue weighted by molar-refractivity contribution is 0.144. The van der Waals surface area contributed by atoms with Crippen molar-refractivity contribution in [3.63, 3.8) is 0 Å². The van der Waals surface area contributed by atoms with Crippen LogP contribution in [0.3, 0.4) is 0 Å². The van der Waals surface area contributed by atoms with Crippen LogP contribution in [0.2, 0.25) is 0 Å². The maximum absolute atomic E-state index is 5.19. The van der Waals surface area contributed by atoms with Crippen LogP contribution >= 0.6 is 24.0 Å². The Kier molecular flexibility index (Phi) is 10.3. The molecule has 23 heavy (non-hydrogen) atoms. The minimum Gasteiger partial charge on any atom is -0.383 e. The molecule has 0 atom stereocenters. The van der Waals surface area contributed by atoms with Crippen LogP contribution in [-0.4, -0.2) is 68.4 Å². The molecule has 1 fully saturated rings. The molecule has 0 bridgehead atoms. The number of guanidine groups is 1. The van der Waals surface area contributed by atoms with Gasteiger partial charge >= 0.3 is 0 Å². The van der Waals surface area contributed by atoms with Crippen molar-refractivity contribution in [1.82, 2.24) is 20.1 Å². The van der Waals surface area contributed by atoms with Gasteiger partial charge in [-0.3, -0.25) is 9.89 Å². The van der Waals surface area contributed by atoms with E-state index in [-0.39, 0.29) is 24.0 Å². The third-order valence-electron chi connectivity index (χ3n) is 3.89. The first-order valence-electron chi connectivity index (χ1n) is 8.11. The highest BCUT2D eigenvalue weighted by atomic mass is 127. The zero-order valence-electron chi connectivity index (χ0n) is 14.2. The molecular formula is C16H30IN5O. The highest BCUT2D eigenvalue weighted by molar-refractivity contribution is 14.0. The smallest absolute Gasteiger partial charge is 0.191 e. The maximum Gasteiger partial charge on any atom is 0.191 e. The molecule has 2 rings (SSSR count).